The van der Waals surface area contributed by atoms with Crippen molar-refractivity contribution in [3.05, 3.63) is 130 Å². The molecule has 49 heavy (non-hydrogen) atoms. The van der Waals surface area contributed by atoms with Crippen molar-refractivity contribution in [1.82, 2.24) is 15.6 Å². The number of ether oxygens (including phenoxy) is 1. The van der Waals surface area contributed by atoms with Crippen molar-refractivity contribution in [2.45, 2.75) is 89.4 Å². The Morgan fingerprint density at radius 2 is 1.39 bits per heavy atom. The highest BCUT2D eigenvalue weighted by atomic mass is 19.1. The molecular weight excluding hydrogens is 613 g/mol. The number of aromatic nitrogens is 1. The number of carbonyl (C=O) groups is 2. The summed E-state index contributed by atoms with van der Waals surface area (Å²) in [7, 11) is 1.65. The predicted octanol–water partition coefficient (Wildman–Crippen LogP) is 8.50. The SMILES string of the molecule is COc1ccc(C(C)(C)c2ccc([C@@H](NC(=O)[C@H]3CCC(F)C3)c3ccccc3)cc2)cc1[C@H](NC(=O)C1CC1)c1ccc(C(C)C)cn1. The molecule has 2 fully saturated rings. The first-order valence-corrected chi connectivity index (χ1v) is 17.6. The first kappa shape index (κ1) is 34.3. The largest absolute Gasteiger partial charge is 0.496 e. The second-order valence-corrected chi connectivity index (χ2v) is 14.6. The maximum atomic E-state index is 13.9. The average molecular weight is 662 g/mol. The molecule has 6 rings (SSSR count). The Hall–Kier alpha value is -4.52. The van der Waals surface area contributed by atoms with Crippen LogP contribution in [0.4, 0.5) is 4.39 Å². The third-order valence-corrected chi connectivity index (χ3v) is 10.4. The van der Waals surface area contributed by atoms with E-state index in [-0.39, 0.29) is 36.1 Å². The Morgan fingerprint density at radius 1 is 0.776 bits per heavy atom. The van der Waals surface area contributed by atoms with Crippen molar-refractivity contribution in [3.63, 3.8) is 0 Å². The third-order valence-electron chi connectivity index (χ3n) is 10.4. The normalized spacial score (nSPS) is 18.9. The fourth-order valence-electron chi connectivity index (χ4n) is 6.88. The molecule has 256 valence electrons. The fraction of sp³-hybridized carbons (Fsp3) is 0.405. The van der Waals surface area contributed by atoms with Crippen molar-refractivity contribution in [2.75, 3.05) is 7.11 Å². The first-order valence-electron chi connectivity index (χ1n) is 17.6. The van der Waals surface area contributed by atoms with Crippen LogP contribution in [0.3, 0.4) is 0 Å². The molecule has 6 nitrogen and oxygen atoms in total. The molecular formula is C42H48FN3O3. The maximum absolute atomic E-state index is 13.9. The molecule has 1 unspecified atom stereocenters. The number of hydrogen-bond acceptors (Lipinski definition) is 4. The Balaban J connectivity index is 1.31. The van der Waals surface area contributed by atoms with E-state index in [1.54, 1.807) is 7.11 Å². The summed E-state index contributed by atoms with van der Waals surface area (Å²) in [6.07, 6.45) is 4.12. The molecule has 0 radical (unpaired) electrons. The van der Waals surface area contributed by atoms with E-state index >= 15 is 0 Å². The summed E-state index contributed by atoms with van der Waals surface area (Å²) in [5, 5.41) is 6.52. The van der Waals surface area contributed by atoms with Gasteiger partial charge >= 0.3 is 0 Å². The third kappa shape index (κ3) is 7.71. The summed E-state index contributed by atoms with van der Waals surface area (Å²) < 4.78 is 19.8. The molecule has 2 aliphatic rings. The highest BCUT2D eigenvalue weighted by Crippen LogP contribution is 2.39. The average Bonchev–Trinajstić information content (AvgIpc) is 3.89. The van der Waals surface area contributed by atoms with Gasteiger partial charge in [0.2, 0.25) is 11.8 Å². The van der Waals surface area contributed by atoms with Crippen LogP contribution < -0.4 is 15.4 Å². The van der Waals surface area contributed by atoms with Crippen LogP contribution in [0.5, 0.6) is 5.75 Å². The van der Waals surface area contributed by atoms with Crippen LogP contribution in [0.1, 0.15) is 117 Å². The van der Waals surface area contributed by atoms with Crippen molar-refractivity contribution >= 4 is 11.8 Å². The standard InChI is InChI=1S/C42H48FN3O3/c1-26(2)31-16-21-36(44-25-31)39(46-40(47)29-11-12-29)35-24-33(19-22-37(35)49-5)42(3,4)32-17-13-28(14-18-32)38(27-9-7-6-8-10-27)45-41(48)30-15-20-34(43)23-30/h6-10,13-14,16-19,21-22,24-26,29-30,34,38-39H,11-12,15,20,23H2,1-5H3,(H,45,48)(H,46,47)/t30-,34?,38-,39-/m0/s1. The monoisotopic (exact) mass is 661 g/mol. The van der Waals surface area contributed by atoms with E-state index in [1.165, 1.54) is 0 Å². The molecule has 0 spiro atoms. The number of halogens is 1. The van der Waals surface area contributed by atoms with E-state index in [1.807, 2.05) is 48.7 Å². The van der Waals surface area contributed by atoms with Crippen LogP contribution in [0, 0.1) is 11.8 Å². The van der Waals surface area contributed by atoms with Crippen LogP contribution in [-0.2, 0) is 15.0 Å². The summed E-state index contributed by atoms with van der Waals surface area (Å²) in [5.74, 6) is 0.727. The van der Waals surface area contributed by atoms with Crippen LogP contribution in [0.15, 0.2) is 91.1 Å². The lowest BCUT2D eigenvalue weighted by Gasteiger charge is -2.30. The number of nitrogens with one attached hydrogen (secondary N) is 2. The number of carbonyl (C=O) groups excluding carboxylic acids is 2. The van der Waals surface area contributed by atoms with Crippen molar-refractivity contribution < 1.29 is 18.7 Å². The lowest BCUT2D eigenvalue weighted by Crippen LogP contribution is -2.34. The van der Waals surface area contributed by atoms with Crippen LogP contribution in [0.2, 0.25) is 0 Å². The van der Waals surface area contributed by atoms with E-state index in [4.69, 9.17) is 9.72 Å². The first-order chi connectivity index (χ1) is 23.5. The Bertz CT molecular complexity index is 1750. The van der Waals surface area contributed by atoms with Gasteiger partial charge in [-0.2, -0.15) is 0 Å². The highest BCUT2D eigenvalue weighted by Gasteiger charge is 2.34. The van der Waals surface area contributed by atoms with Gasteiger partial charge in [0.15, 0.2) is 0 Å². The molecule has 2 aliphatic carbocycles. The minimum atomic E-state index is -0.905. The second kappa shape index (κ2) is 14.5. The van der Waals surface area contributed by atoms with Crippen molar-refractivity contribution in [2.24, 2.45) is 11.8 Å². The number of amides is 2. The van der Waals surface area contributed by atoms with Gasteiger partial charge in [-0.1, -0.05) is 94.4 Å². The van der Waals surface area contributed by atoms with E-state index in [0.29, 0.717) is 24.5 Å². The van der Waals surface area contributed by atoms with Gasteiger partial charge in [-0.05, 0) is 84.0 Å². The number of nitrogens with zero attached hydrogens (tertiary/aromatic N) is 1. The minimum Gasteiger partial charge on any atom is -0.496 e. The van der Waals surface area contributed by atoms with Gasteiger partial charge in [-0.15, -0.1) is 0 Å². The second-order valence-electron chi connectivity index (χ2n) is 14.6. The Kier molecular flexibility index (Phi) is 10.2. The highest BCUT2D eigenvalue weighted by molar-refractivity contribution is 5.82. The predicted molar refractivity (Wildman–Crippen MR) is 191 cm³/mol. The maximum Gasteiger partial charge on any atom is 0.223 e. The molecule has 2 N–H and O–H groups in total. The molecule has 1 aromatic heterocycles. The smallest absolute Gasteiger partial charge is 0.223 e. The van der Waals surface area contributed by atoms with Crippen molar-refractivity contribution in [1.29, 1.82) is 0 Å². The number of hydrogen-bond donors (Lipinski definition) is 2. The summed E-state index contributed by atoms with van der Waals surface area (Å²) >= 11 is 0. The number of alkyl halides is 1. The van der Waals surface area contributed by atoms with Crippen LogP contribution >= 0.6 is 0 Å². The van der Waals surface area contributed by atoms with E-state index in [9.17, 15) is 14.0 Å². The molecule has 0 aliphatic heterocycles. The van der Waals surface area contributed by atoms with E-state index in [0.717, 1.165) is 51.9 Å². The molecule has 0 bridgehead atoms. The van der Waals surface area contributed by atoms with Gasteiger partial charge in [0.25, 0.3) is 0 Å². The van der Waals surface area contributed by atoms with Gasteiger partial charge in [-0.25, -0.2) is 4.39 Å². The molecule has 0 saturated heterocycles. The zero-order chi connectivity index (χ0) is 34.7. The summed E-state index contributed by atoms with van der Waals surface area (Å²) in [4.78, 5) is 31.2. The summed E-state index contributed by atoms with van der Waals surface area (Å²) in [5.41, 5.74) is 6.46. The van der Waals surface area contributed by atoms with Gasteiger partial charge in [0.1, 0.15) is 11.9 Å². The summed E-state index contributed by atoms with van der Waals surface area (Å²) in [6.45, 7) is 8.65. The van der Waals surface area contributed by atoms with E-state index < -0.39 is 17.6 Å². The quantitative estimate of drug-likeness (QED) is 0.160. The number of benzene rings is 3. The lowest BCUT2D eigenvalue weighted by molar-refractivity contribution is -0.125. The zero-order valence-electron chi connectivity index (χ0n) is 29.2. The van der Waals surface area contributed by atoms with E-state index in [2.05, 4.69) is 80.8 Å². The van der Waals surface area contributed by atoms with Gasteiger partial charge in [0, 0.05) is 29.0 Å². The van der Waals surface area contributed by atoms with Gasteiger partial charge in [0.05, 0.1) is 24.9 Å². The Labute approximate surface area is 289 Å². The Morgan fingerprint density at radius 3 is 1.98 bits per heavy atom. The molecule has 4 aromatic rings. The van der Waals surface area contributed by atoms with Gasteiger partial charge < -0.3 is 15.4 Å². The molecule has 1 heterocycles. The van der Waals surface area contributed by atoms with Gasteiger partial charge in [-0.3, -0.25) is 14.6 Å². The lowest BCUT2D eigenvalue weighted by atomic mass is 9.76. The number of rotatable bonds is 12. The summed E-state index contributed by atoms with van der Waals surface area (Å²) in [6, 6.07) is 27.8. The molecule has 2 amide bonds. The molecule has 7 heteroatoms. The van der Waals surface area contributed by atoms with Crippen molar-refractivity contribution in [3.8, 4) is 5.75 Å². The number of methoxy groups -OCH3 is 1. The molecule has 2 saturated carbocycles. The number of pyridine rings is 1. The minimum absolute atomic E-state index is 0.0412. The molecule has 4 atom stereocenters. The fourth-order valence-corrected chi connectivity index (χ4v) is 6.88. The zero-order valence-corrected chi connectivity index (χ0v) is 29.2. The topological polar surface area (TPSA) is 80.3 Å². The van der Waals surface area contributed by atoms with Crippen LogP contribution in [-0.4, -0.2) is 30.1 Å². The molecule has 3 aromatic carbocycles. The van der Waals surface area contributed by atoms with Crippen LogP contribution in [0.25, 0.3) is 0 Å².